The maximum atomic E-state index is 12.5. The van der Waals surface area contributed by atoms with Crippen LogP contribution in [0.5, 0.6) is 23.0 Å². The largest absolute Gasteiger partial charge is 0.493 e. The maximum Gasteiger partial charge on any atom is 0.261 e. The molecule has 0 aromatic heterocycles. The topological polar surface area (TPSA) is 66.0 Å². The number of rotatable bonds is 8. The van der Waals surface area contributed by atoms with E-state index in [-0.39, 0.29) is 17.9 Å². The third-order valence-corrected chi connectivity index (χ3v) is 4.64. The highest BCUT2D eigenvalue weighted by Gasteiger charge is 2.19. The Morgan fingerprint density at radius 1 is 0.931 bits per heavy atom. The molecule has 0 heterocycles. The number of amides is 1. The Hall–Kier alpha value is -2.89. The van der Waals surface area contributed by atoms with Crippen LogP contribution in [0.1, 0.15) is 38.8 Å². The van der Waals surface area contributed by atoms with Gasteiger partial charge in [-0.3, -0.25) is 4.79 Å². The van der Waals surface area contributed by atoms with Crippen molar-refractivity contribution in [2.75, 3.05) is 21.3 Å². The number of benzene rings is 2. The molecule has 158 valence electrons. The monoisotopic (exact) mass is 401 g/mol. The number of hydrogen-bond acceptors (Lipinski definition) is 5. The zero-order valence-electron chi connectivity index (χ0n) is 18.3. The summed E-state index contributed by atoms with van der Waals surface area (Å²) in [6.07, 6.45) is -0.637. The van der Waals surface area contributed by atoms with Crippen LogP contribution in [0.25, 0.3) is 0 Å². The molecule has 0 spiro atoms. The molecular weight excluding hydrogens is 370 g/mol. The standard InChI is InChI=1S/C23H31NO5/c1-15(29-18-11-9-17(10-12-18)23(2,3)4)22(25)24-14-16-8-13-19(26-5)21(28-7)20(16)27-6/h8-13,15H,14H2,1-7H3,(H,24,25)/t15-/m0/s1. The van der Waals surface area contributed by atoms with E-state index in [2.05, 4.69) is 26.1 Å². The van der Waals surface area contributed by atoms with Crippen molar-refractivity contribution in [3.63, 3.8) is 0 Å². The highest BCUT2D eigenvalue weighted by molar-refractivity contribution is 5.80. The lowest BCUT2D eigenvalue weighted by atomic mass is 9.87. The van der Waals surface area contributed by atoms with Gasteiger partial charge < -0.3 is 24.3 Å². The summed E-state index contributed by atoms with van der Waals surface area (Å²) in [5, 5.41) is 2.88. The van der Waals surface area contributed by atoms with Gasteiger partial charge in [-0.25, -0.2) is 0 Å². The Labute approximate surface area is 173 Å². The third kappa shape index (κ3) is 5.56. The average molecular weight is 402 g/mol. The molecule has 0 saturated carbocycles. The highest BCUT2D eigenvalue weighted by Crippen LogP contribution is 2.39. The molecule has 2 aromatic rings. The first kappa shape index (κ1) is 22.4. The summed E-state index contributed by atoms with van der Waals surface area (Å²) < 4.78 is 21.9. The van der Waals surface area contributed by atoms with Gasteiger partial charge >= 0.3 is 0 Å². The number of methoxy groups -OCH3 is 3. The van der Waals surface area contributed by atoms with Gasteiger partial charge in [-0.2, -0.15) is 0 Å². The van der Waals surface area contributed by atoms with E-state index in [1.165, 1.54) is 5.56 Å². The van der Waals surface area contributed by atoms with E-state index < -0.39 is 6.10 Å². The van der Waals surface area contributed by atoms with Gasteiger partial charge in [0.15, 0.2) is 17.6 Å². The minimum Gasteiger partial charge on any atom is -0.493 e. The smallest absolute Gasteiger partial charge is 0.261 e. The minimum atomic E-state index is -0.637. The zero-order valence-corrected chi connectivity index (χ0v) is 18.3. The lowest BCUT2D eigenvalue weighted by Crippen LogP contribution is -2.36. The van der Waals surface area contributed by atoms with Crippen LogP contribution in [0.4, 0.5) is 0 Å². The molecule has 0 aliphatic carbocycles. The summed E-state index contributed by atoms with van der Waals surface area (Å²) in [6, 6.07) is 11.4. The minimum absolute atomic E-state index is 0.0694. The summed E-state index contributed by atoms with van der Waals surface area (Å²) in [5.41, 5.74) is 2.06. The van der Waals surface area contributed by atoms with E-state index in [1.54, 1.807) is 34.3 Å². The van der Waals surface area contributed by atoms with Crippen molar-refractivity contribution in [1.29, 1.82) is 0 Å². The van der Waals surface area contributed by atoms with Crippen molar-refractivity contribution >= 4 is 5.91 Å². The molecule has 29 heavy (non-hydrogen) atoms. The fourth-order valence-electron chi connectivity index (χ4n) is 2.92. The van der Waals surface area contributed by atoms with Crippen molar-refractivity contribution in [2.45, 2.75) is 45.8 Å². The van der Waals surface area contributed by atoms with Gasteiger partial charge in [-0.05, 0) is 42.2 Å². The Morgan fingerprint density at radius 3 is 2.07 bits per heavy atom. The van der Waals surface area contributed by atoms with Crippen molar-refractivity contribution < 1.29 is 23.7 Å². The number of carbonyl (C=O) groups excluding carboxylic acids is 1. The molecule has 0 unspecified atom stereocenters. The van der Waals surface area contributed by atoms with Crippen LogP contribution < -0.4 is 24.3 Å². The van der Waals surface area contributed by atoms with Crippen molar-refractivity contribution in [2.24, 2.45) is 0 Å². The molecule has 0 aliphatic heterocycles. The quantitative estimate of drug-likeness (QED) is 0.722. The van der Waals surface area contributed by atoms with Gasteiger partial charge in [0.1, 0.15) is 5.75 Å². The van der Waals surface area contributed by atoms with Crippen LogP contribution in [0, 0.1) is 0 Å². The highest BCUT2D eigenvalue weighted by atomic mass is 16.5. The number of ether oxygens (including phenoxy) is 4. The molecular formula is C23H31NO5. The Bertz CT molecular complexity index is 824. The van der Waals surface area contributed by atoms with Crippen LogP contribution in [0.2, 0.25) is 0 Å². The van der Waals surface area contributed by atoms with E-state index in [0.29, 0.717) is 23.0 Å². The van der Waals surface area contributed by atoms with Crippen molar-refractivity contribution in [3.8, 4) is 23.0 Å². The molecule has 0 radical (unpaired) electrons. The summed E-state index contributed by atoms with van der Waals surface area (Å²) in [5.74, 6) is 2.02. The zero-order chi connectivity index (χ0) is 21.6. The first-order valence-corrected chi connectivity index (χ1v) is 9.54. The molecule has 6 nitrogen and oxygen atoms in total. The van der Waals surface area contributed by atoms with E-state index in [4.69, 9.17) is 18.9 Å². The SMILES string of the molecule is COc1ccc(CNC(=O)[C@H](C)Oc2ccc(C(C)(C)C)cc2)c(OC)c1OC. The second kappa shape index (κ2) is 9.54. The number of nitrogens with one attached hydrogen (secondary N) is 1. The fraction of sp³-hybridized carbons (Fsp3) is 0.435. The predicted octanol–water partition coefficient (Wildman–Crippen LogP) is 4.09. The van der Waals surface area contributed by atoms with E-state index in [9.17, 15) is 4.79 Å². The average Bonchev–Trinajstić information content (AvgIpc) is 2.70. The Balaban J connectivity index is 2.02. The molecule has 1 N–H and O–H groups in total. The first-order chi connectivity index (χ1) is 13.7. The molecule has 2 rings (SSSR count). The first-order valence-electron chi connectivity index (χ1n) is 9.54. The van der Waals surface area contributed by atoms with Crippen molar-refractivity contribution in [1.82, 2.24) is 5.32 Å². The lowest BCUT2D eigenvalue weighted by Gasteiger charge is -2.20. The van der Waals surface area contributed by atoms with Gasteiger partial charge in [0.2, 0.25) is 5.75 Å². The van der Waals surface area contributed by atoms with Gasteiger partial charge in [0.05, 0.1) is 21.3 Å². The van der Waals surface area contributed by atoms with Crippen LogP contribution in [-0.2, 0) is 16.8 Å². The molecule has 0 aliphatic rings. The van der Waals surface area contributed by atoms with Gasteiger partial charge in [-0.15, -0.1) is 0 Å². The molecule has 0 fully saturated rings. The summed E-state index contributed by atoms with van der Waals surface area (Å²) >= 11 is 0. The van der Waals surface area contributed by atoms with Gasteiger partial charge in [-0.1, -0.05) is 32.9 Å². The van der Waals surface area contributed by atoms with E-state index in [0.717, 1.165) is 5.56 Å². The second-order valence-electron chi connectivity index (χ2n) is 7.75. The van der Waals surface area contributed by atoms with Gasteiger partial charge in [0, 0.05) is 12.1 Å². The molecule has 6 heteroatoms. The van der Waals surface area contributed by atoms with E-state index in [1.807, 2.05) is 30.3 Å². The second-order valence-corrected chi connectivity index (χ2v) is 7.75. The third-order valence-electron chi connectivity index (χ3n) is 4.64. The Kier molecular flexibility index (Phi) is 7.37. The number of hydrogen-bond donors (Lipinski definition) is 1. The molecule has 1 atom stereocenters. The maximum absolute atomic E-state index is 12.5. The van der Waals surface area contributed by atoms with Gasteiger partial charge in [0.25, 0.3) is 5.91 Å². The summed E-state index contributed by atoms with van der Waals surface area (Å²) in [4.78, 5) is 12.5. The van der Waals surface area contributed by atoms with Crippen LogP contribution in [0.3, 0.4) is 0 Å². The van der Waals surface area contributed by atoms with Crippen molar-refractivity contribution in [3.05, 3.63) is 47.5 Å². The lowest BCUT2D eigenvalue weighted by molar-refractivity contribution is -0.127. The normalized spacial score (nSPS) is 12.1. The molecule has 0 bridgehead atoms. The fourth-order valence-corrected chi connectivity index (χ4v) is 2.92. The molecule has 0 saturated heterocycles. The number of carbonyl (C=O) groups is 1. The summed E-state index contributed by atoms with van der Waals surface area (Å²) in [7, 11) is 4.66. The van der Waals surface area contributed by atoms with Crippen LogP contribution in [0.15, 0.2) is 36.4 Å². The van der Waals surface area contributed by atoms with Crippen LogP contribution in [-0.4, -0.2) is 33.3 Å². The predicted molar refractivity (Wildman–Crippen MR) is 113 cm³/mol. The molecule has 1 amide bonds. The molecule has 2 aromatic carbocycles. The Morgan fingerprint density at radius 2 is 1.55 bits per heavy atom. The van der Waals surface area contributed by atoms with E-state index >= 15 is 0 Å². The summed E-state index contributed by atoms with van der Waals surface area (Å²) in [6.45, 7) is 8.46. The van der Waals surface area contributed by atoms with Crippen LogP contribution >= 0.6 is 0 Å².